The van der Waals surface area contributed by atoms with Gasteiger partial charge in [-0.1, -0.05) is 19.1 Å². The molecule has 0 rings (SSSR count). The van der Waals surface area contributed by atoms with E-state index >= 15 is 0 Å². The van der Waals surface area contributed by atoms with Crippen molar-refractivity contribution in [3.05, 3.63) is 12.2 Å². The third-order valence-corrected chi connectivity index (χ3v) is 1.53. The fourth-order valence-corrected chi connectivity index (χ4v) is 0.857. The van der Waals surface area contributed by atoms with E-state index in [0.717, 1.165) is 31.6 Å². The van der Waals surface area contributed by atoms with E-state index in [1.54, 1.807) is 0 Å². The minimum absolute atomic E-state index is 0.121. The Morgan fingerprint density at radius 1 is 1.38 bits per heavy atom. The maximum absolute atomic E-state index is 11.1. The maximum atomic E-state index is 11.1. The summed E-state index contributed by atoms with van der Waals surface area (Å²) in [5.41, 5.74) is 1.09. The van der Waals surface area contributed by atoms with Gasteiger partial charge in [-0.3, -0.25) is 4.79 Å². The van der Waals surface area contributed by atoms with Gasteiger partial charge in [0.15, 0.2) is 0 Å². The van der Waals surface area contributed by atoms with Crippen LogP contribution in [-0.4, -0.2) is 25.5 Å². The lowest BCUT2D eigenvalue weighted by molar-refractivity contribution is -0.120. The highest BCUT2D eigenvalue weighted by molar-refractivity contribution is 5.75. The van der Waals surface area contributed by atoms with Crippen molar-refractivity contribution in [2.75, 3.05) is 19.6 Å². The van der Waals surface area contributed by atoms with E-state index in [1.165, 1.54) is 0 Å². The van der Waals surface area contributed by atoms with E-state index in [9.17, 15) is 4.79 Å². The van der Waals surface area contributed by atoms with Gasteiger partial charge in [-0.15, -0.1) is 0 Å². The predicted octanol–water partition coefficient (Wildman–Crippen LogP) is 1.07. The lowest BCUT2D eigenvalue weighted by atomic mass is 10.3. The first-order valence-corrected chi connectivity index (χ1v) is 4.78. The van der Waals surface area contributed by atoms with Gasteiger partial charge in [-0.25, -0.2) is 0 Å². The molecule has 0 heterocycles. The van der Waals surface area contributed by atoms with E-state index in [4.69, 9.17) is 0 Å². The molecule has 0 aromatic heterocycles. The van der Waals surface area contributed by atoms with Crippen molar-refractivity contribution in [2.24, 2.45) is 0 Å². The molecule has 0 aromatic rings. The monoisotopic (exact) mass is 184 g/mol. The number of carbonyl (C=O) groups is 1. The van der Waals surface area contributed by atoms with Crippen LogP contribution in [0.4, 0.5) is 0 Å². The Morgan fingerprint density at radius 3 is 2.62 bits per heavy atom. The van der Waals surface area contributed by atoms with Crippen LogP contribution in [-0.2, 0) is 4.79 Å². The third-order valence-electron chi connectivity index (χ3n) is 1.53. The van der Waals surface area contributed by atoms with E-state index in [1.807, 2.05) is 13.8 Å². The molecule has 0 bridgehead atoms. The minimum Gasteiger partial charge on any atom is -0.356 e. The zero-order valence-corrected chi connectivity index (χ0v) is 8.65. The molecule has 0 atom stereocenters. The van der Waals surface area contributed by atoms with Crippen LogP contribution < -0.4 is 10.6 Å². The summed E-state index contributed by atoms with van der Waals surface area (Å²) in [6.07, 6.45) is 1.54. The second-order valence-corrected chi connectivity index (χ2v) is 3.23. The van der Waals surface area contributed by atoms with Crippen molar-refractivity contribution < 1.29 is 4.79 Å². The van der Waals surface area contributed by atoms with Crippen LogP contribution in [0.5, 0.6) is 0 Å². The van der Waals surface area contributed by atoms with Crippen molar-refractivity contribution in [3.63, 3.8) is 0 Å². The second kappa shape index (κ2) is 7.80. The molecule has 2 N–H and O–H groups in total. The van der Waals surface area contributed by atoms with Gasteiger partial charge < -0.3 is 10.6 Å². The molecular weight excluding hydrogens is 164 g/mol. The average Bonchev–Trinajstić information content (AvgIpc) is 2.08. The van der Waals surface area contributed by atoms with Gasteiger partial charge in [0.25, 0.3) is 0 Å². The fourth-order valence-electron chi connectivity index (χ4n) is 0.857. The summed E-state index contributed by atoms with van der Waals surface area (Å²) < 4.78 is 0. The molecule has 0 aliphatic heterocycles. The standard InChI is InChI=1S/C10H20N2O/c1-4-6-12-10(13)5-7-11-8-9(2)3/h11H,2,4-8H2,1,3H3,(H,12,13). The van der Waals surface area contributed by atoms with Crippen LogP contribution in [0.1, 0.15) is 26.7 Å². The molecule has 3 nitrogen and oxygen atoms in total. The van der Waals surface area contributed by atoms with Gasteiger partial charge in [0.2, 0.25) is 5.91 Å². The van der Waals surface area contributed by atoms with E-state index in [2.05, 4.69) is 17.2 Å². The first kappa shape index (κ1) is 12.2. The Balaban J connectivity index is 3.22. The summed E-state index contributed by atoms with van der Waals surface area (Å²) >= 11 is 0. The second-order valence-electron chi connectivity index (χ2n) is 3.23. The Morgan fingerprint density at radius 2 is 2.08 bits per heavy atom. The summed E-state index contributed by atoms with van der Waals surface area (Å²) in [5, 5.41) is 5.95. The molecule has 76 valence electrons. The normalized spacial score (nSPS) is 9.69. The molecule has 0 spiro atoms. The topological polar surface area (TPSA) is 41.1 Å². The van der Waals surface area contributed by atoms with Crippen LogP contribution in [0.3, 0.4) is 0 Å². The van der Waals surface area contributed by atoms with Gasteiger partial charge in [-0.05, 0) is 13.3 Å². The number of nitrogens with one attached hydrogen (secondary N) is 2. The van der Waals surface area contributed by atoms with Gasteiger partial charge in [0.05, 0.1) is 0 Å². The molecule has 0 aliphatic carbocycles. The van der Waals surface area contributed by atoms with Crippen molar-refractivity contribution in [1.29, 1.82) is 0 Å². The number of amides is 1. The summed E-state index contributed by atoms with van der Waals surface area (Å²) in [4.78, 5) is 11.1. The van der Waals surface area contributed by atoms with Crippen LogP contribution >= 0.6 is 0 Å². The van der Waals surface area contributed by atoms with Crippen molar-refractivity contribution in [1.82, 2.24) is 10.6 Å². The van der Waals surface area contributed by atoms with Crippen LogP contribution in [0.2, 0.25) is 0 Å². The van der Waals surface area contributed by atoms with Crippen LogP contribution in [0.15, 0.2) is 12.2 Å². The highest BCUT2D eigenvalue weighted by atomic mass is 16.1. The summed E-state index contributed by atoms with van der Waals surface area (Å²) in [6, 6.07) is 0. The molecule has 0 saturated heterocycles. The van der Waals surface area contributed by atoms with E-state index in [0.29, 0.717) is 6.42 Å². The number of hydrogen-bond donors (Lipinski definition) is 2. The van der Waals surface area contributed by atoms with E-state index in [-0.39, 0.29) is 5.91 Å². The smallest absolute Gasteiger partial charge is 0.221 e. The Kier molecular flexibility index (Phi) is 7.30. The number of hydrogen-bond acceptors (Lipinski definition) is 2. The molecular formula is C10H20N2O. The van der Waals surface area contributed by atoms with Crippen molar-refractivity contribution in [2.45, 2.75) is 26.7 Å². The summed E-state index contributed by atoms with van der Waals surface area (Å²) in [7, 11) is 0. The highest BCUT2D eigenvalue weighted by Crippen LogP contribution is 1.83. The van der Waals surface area contributed by atoms with Gasteiger partial charge in [0, 0.05) is 26.1 Å². The Bertz CT molecular complexity index is 166. The predicted molar refractivity (Wildman–Crippen MR) is 55.6 cm³/mol. The zero-order chi connectivity index (χ0) is 10.1. The molecule has 0 aliphatic rings. The van der Waals surface area contributed by atoms with Gasteiger partial charge in [-0.2, -0.15) is 0 Å². The molecule has 1 amide bonds. The average molecular weight is 184 g/mol. The van der Waals surface area contributed by atoms with E-state index < -0.39 is 0 Å². The Labute approximate surface area is 80.6 Å². The zero-order valence-electron chi connectivity index (χ0n) is 8.65. The number of carbonyl (C=O) groups excluding carboxylic acids is 1. The molecule has 13 heavy (non-hydrogen) atoms. The SMILES string of the molecule is C=C(C)CNCCC(=O)NCCC. The lowest BCUT2D eigenvalue weighted by Gasteiger charge is -2.04. The highest BCUT2D eigenvalue weighted by Gasteiger charge is 1.97. The van der Waals surface area contributed by atoms with Crippen LogP contribution in [0.25, 0.3) is 0 Å². The quantitative estimate of drug-likeness (QED) is 0.459. The lowest BCUT2D eigenvalue weighted by Crippen LogP contribution is -2.28. The largest absolute Gasteiger partial charge is 0.356 e. The van der Waals surface area contributed by atoms with Gasteiger partial charge >= 0.3 is 0 Å². The van der Waals surface area contributed by atoms with Crippen LogP contribution in [0, 0.1) is 0 Å². The molecule has 3 heteroatoms. The molecule has 0 fully saturated rings. The molecule has 0 radical (unpaired) electrons. The third kappa shape index (κ3) is 9.08. The van der Waals surface area contributed by atoms with Gasteiger partial charge in [0.1, 0.15) is 0 Å². The van der Waals surface area contributed by atoms with Crippen molar-refractivity contribution >= 4 is 5.91 Å². The molecule has 0 aromatic carbocycles. The number of rotatable bonds is 7. The molecule has 0 unspecified atom stereocenters. The minimum atomic E-state index is 0.121. The summed E-state index contributed by atoms with van der Waals surface area (Å²) in [5.74, 6) is 0.121. The molecule has 0 saturated carbocycles. The Hall–Kier alpha value is -0.830. The first-order chi connectivity index (χ1) is 6.16. The van der Waals surface area contributed by atoms with Crippen molar-refractivity contribution in [3.8, 4) is 0 Å². The maximum Gasteiger partial charge on any atom is 0.221 e. The first-order valence-electron chi connectivity index (χ1n) is 4.78. The fraction of sp³-hybridized carbons (Fsp3) is 0.700. The summed E-state index contributed by atoms with van der Waals surface area (Å²) in [6.45, 7) is 10.1.